The Labute approximate surface area is 155 Å². The van der Waals surface area contributed by atoms with Gasteiger partial charge in [-0.3, -0.25) is 9.59 Å². The predicted molar refractivity (Wildman–Crippen MR) is 104 cm³/mol. The first kappa shape index (κ1) is 19.7. The van der Waals surface area contributed by atoms with E-state index in [2.05, 4.69) is 10.2 Å². The number of hydrogen-bond donors (Lipinski definition) is 1. The fourth-order valence-electron chi connectivity index (χ4n) is 2.72. The molecule has 0 radical (unpaired) electrons. The molecule has 6 nitrogen and oxygen atoms in total. The number of benzene rings is 1. The summed E-state index contributed by atoms with van der Waals surface area (Å²) in [5, 5.41) is 2.71. The molecule has 2 aromatic rings. The van der Waals surface area contributed by atoms with Crippen LogP contribution in [0.15, 0.2) is 48.8 Å². The average molecular weight is 356 g/mol. The second-order valence-corrected chi connectivity index (χ2v) is 6.00. The smallest absolute Gasteiger partial charge is 0.251 e. The molecule has 2 amide bonds. The molecule has 140 valence electrons. The molecule has 0 aliphatic carbocycles. The molecule has 3 rings (SSSR count). The van der Waals surface area contributed by atoms with Crippen LogP contribution >= 0.6 is 0 Å². The van der Waals surface area contributed by atoms with Gasteiger partial charge in [-0.15, -0.1) is 0 Å². The van der Waals surface area contributed by atoms with Crippen LogP contribution in [0.5, 0.6) is 0 Å². The van der Waals surface area contributed by atoms with Gasteiger partial charge in [0.15, 0.2) is 0 Å². The molecule has 1 aromatic carbocycles. The molecule has 2 heterocycles. The first-order chi connectivity index (χ1) is 12.6. The number of carbonyl (C=O) groups excluding carboxylic acids is 2. The van der Waals surface area contributed by atoms with E-state index < -0.39 is 0 Å². The largest absolute Gasteiger partial charge is 0.343 e. The fraction of sp³-hybridized carbons (Fsp3) is 0.400. The highest BCUT2D eigenvalue weighted by Gasteiger charge is 2.19. The van der Waals surface area contributed by atoms with E-state index in [4.69, 9.17) is 0 Å². The van der Waals surface area contributed by atoms with Gasteiger partial charge in [-0.05, 0) is 43.4 Å². The van der Waals surface area contributed by atoms with Crippen molar-refractivity contribution in [3.63, 3.8) is 0 Å². The minimum absolute atomic E-state index is 0.0274. The van der Waals surface area contributed by atoms with E-state index in [0.717, 1.165) is 31.9 Å². The molecule has 1 aliphatic heterocycles. The molecule has 1 saturated heterocycles. The summed E-state index contributed by atoms with van der Waals surface area (Å²) < 4.78 is 1.97. The molecular formula is C20H28N4O2. The molecule has 0 bridgehead atoms. The summed E-state index contributed by atoms with van der Waals surface area (Å²) >= 11 is 0. The third-order valence-electron chi connectivity index (χ3n) is 4.29. The van der Waals surface area contributed by atoms with E-state index in [0.29, 0.717) is 5.56 Å². The Morgan fingerprint density at radius 3 is 2.12 bits per heavy atom. The quantitative estimate of drug-likeness (QED) is 0.912. The lowest BCUT2D eigenvalue weighted by Crippen LogP contribution is -2.50. The second kappa shape index (κ2) is 9.77. The molecule has 0 atom stereocenters. The second-order valence-electron chi connectivity index (χ2n) is 6.00. The van der Waals surface area contributed by atoms with Crippen LogP contribution in [0, 0.1) is 0 Å². The van der Waals surface area contributed by atoms with Gasteiger partial charge in [0, 0.05) is 49.8 Å². The maximum absolute atomic E-state index is 12.2. The fourth-order valence-corrected chi connectivity index (χ4v) is 2.72. The van der Waals surface area contributed by atoms with Crippen molar-refractivity contribution in [1.82, 2.24) is 19.7 Å². The van der Waals surface area contributed by atoms with E-state index in [-0.39, 0.29) is 18.4 Å². The maximum atomic E-state index is 12.2. The van der Waals surface area contributed by atoms with Crippen molar-refractivity contribution in [3.8, 4) is 5.69 Å². The van der Waals surface area contributed by atoms with Gasteiger partial charge in [-0.25, -0.2) is 0 Å². The van der Waals surface area contributed by atoms with Crippen LogP contribution in [0.3, 0.4) is 0 Å². The first-order valence-electron chi connectivity index (χ1n) is 9.11. The van der Waals surface area contributed by atoms with Crippen molar-refractivity contribution in [3.05, 3.63) is 54.4 Å². The van der Waals surface area contributed by atoms with Crippen LogP contribution in [0.1, 0.15) is 24.2 Å². The molecule has 1 fully saturated rings. The van der Waals surface area contributed by atoms with E-state index in [1.54, 1.807) is 17.0 Å². The number of aromatic nitrogens is 1. The number of carbonyl (C=O) groups is 2. The van der Waals surface area contributed by atoms with Crippen molar-refractivity contribution in [1.29, 1.82) is 0 Å². The van der Waals surface area contributed by atoms with Crippen LogP contribution in [-0.4, -0.2) is 66.0 Å². The summed E-state index contributed by atoms with van der Waals surface area (Å²) in [5.74, 6) is -0.253. The van der Waals surface area contributed by atoms with Gasteiger partial charge in [-0.2, -0.15) is 0 Å². The Balaban J connectivity index is 0.00000117. The van der Waals surface area contributed by atoms with Crippen molar-refractivity contribution in [2.24, 2.45) is 0 Å². The number of hydrogen-bond acceptors (Lipinski definition) is 3. The summed E-state index contributed by atoms with van der Waals surface area (Å²) in [7, 11) is 2.04. The zero-order chi connectivity index (χ0) is 18.9. The summed E-state index contributed by atoms with van der Waals surface area (Å²) in [6.45, 7) is 7.23. The number of rotatable bonds is 4. The monoisotopic (exact) mass is 356 g/mol. The Kier molecular flexibility index (Phi) is 7.41. The Bertz CT molecular complexity index is 687. The van der Waals surface area contributed by atoms with Crippen molar-refractivity contribution >= 4 is 11.8 Å². The Hall–Kier alpha value is -2.60. The van der Waals surface area contributed by atoms with Crippen LogP contribution in [-0.2, 0) is 4.79 Å². The minimum Gasteiger partial charge on any atom is -0.343 e. The van der Waals surface area contributed by atoms with Crippen LogP contribution in [0.25, 0.3) is 5.69 Å². The first-order valence-corrected chi connectivity index (χ1v) is 9.11. The molecule has 26 heavy (non-hydrogen) atoms. The number of nitrogens with one attached hydrogen (secondary N) is 1. The third kappa shape index (κ3) is 5.20. The number of amides is 2. The molecule has 0 spiro atoms. The van der Waals surface area contributed by atoms with Crippen LogP contribution in [0.4, 0.5) is 0 Å². The maximum Gasteiger partial charge on any atom is 0.251 e. The number of piperazine rings is 1. The van der Waals surface area contributed by atoms with Gasteiger partial charge in [0.1, 0.15) is 0 Å². The lowest BCUT2D eigenvalue weighted by molar-refractivity contribution is -0.131. The lowest BCUT2D eigenvalue weighted by atomic mass is 10.2. The number of likely N-dealkylation sites (N-methyl/N-ethyl adjacent to an activating group) is 1. The standard InChI is InChI=1S/C18H22N4O2.C2H6/c1-20-10-12-22(13-11-20)17(23)14-19-18(24)15-4-6-16(7-5-15)21-8-2-3-9-21;1-2/h2-9H,10-14H2,1H3,(H,19,24);1-2H3. The summed E-state index contributed by atoms with van der Waals surface area (Å²) in [5.41, 5.74) is 1.54. The highest BCUT2D eigenvalue weighted by atomic mass is 16.2. The van der Waals surface area contributed by atoms with Crippen LogP contribution in [0.2, 0.25) is 0 Å². The van der Waals surface area contributed by atoms with E-state index in [1.807, 2.05) is 62.1 Å². The van der Waals surface area contributed by atoms with E-state index in [9.17, 15) is 9.59 Å². The zero-order valence-electron chi connectivity index (χ0n) is 15.8. The topological polar surface area (TPSA) is 57.6 Å². The third-order valence-corrected chi connectivity index (χ3v) is 4.29. The zero-order valence-corrected chi connectivity index (χ0v) is 15.8. The minimum atomic E-state index is -0.225. The Morgan fingerprint density at radius 2 is 1.54 bits per heavy atom. The van der Waals surface area contributed by atoms with Gasteiger partial charge >= 0.3 is 0 Å². The van der Waals surface area contributed by atoms with Crippen molar-refractivity contribution < 1.29 is 9.59 Å². The summed E-state index contributed by atoms with van der Waals surface area (Å²) in [4.78, 5) is 28.3. The highest BCUT2D eigenvalue weighted by molar-refractivity contribution is 5.96. The molecule has 0 saturated carbocycles. The average Bonchev–Trinajstić information content (AvgIpc) is 3.23. The molecule has 6 heteroatoms. The van der Waals surface area contributed by atoms with E-state index >= 15 is 0 Å². The summed E-state index contributed by atoms with van der Waals surface area (Å²) in [6.07, 6.45) is 3.90. The summed E-state index contributed by atoms with van der Waals surface area (Å²) in [6, 6.07) is 11.2. The number of nitrogens with zero attached hydrogens (tertiary/aromatic N) is 3. The molecule has 1 N–H and O–H groups in total. The predicted octanol–water partition coefficient (Wildman–Crippen LogP) is 2.01. The SMILES string of the molecule is CC.CN1CCN(C(=O)CNC(=O)c2ccc(-n3cccc3)cc2)CC1. The lowest BCUT2D eigenvalue weighted by Gasteiger charge is -2.32. The van der Waals surface area contributed by atoms with Crippen molar-refractivity contribution in [2.75, 3.05) is 39.8 Å². The normalized spacial score (nSPS) is 14.3. The van der Waals surface area contributed by atoms with Gasteiger partial charge in [-0.1, -0.05) is 13.8 Å². The molecule has 1 aliphatic rings. The van der Waals surface area contributed by atoms with Crippen molar-refractivity contribution in [2.45, 2.75) is 13.8 Å². The van der Waals surface area contributed by atoms with Gasteiger partial charge in [0.05, 0.1) is 6.54 Å². The highest BCUT2D eigenvalue weighted by Crippen LogP contribution is 2.10. The molecular weight excluding hydrogens is 328 g/mol. The van der Waals surface area contributed by atoms with Gasteiger partial charge in [0.2, 0.25) is 5.91 Å². The van der Waals surface area contributed by atoms with Gasteiger partial charge in [0.25, 0.3) is 5.91 Å². The van der Waals surface area contributed by atoms with Crippen LogP contribution < -0.4 is 5.32 Å². The van der Waals surface area contributed by atoms with E-state index in [1.165, 1.54) is 0 Å². The molecule has 0 unspecified atom stereocenters. The Morgan fingerprint density at radius 1 is 0.962 bits per heavy atom. The molecule has 1 aromatic heterocycles. The van der Waals surface area contributed by atoms with Gasteiger partial charge < -0.3 is 19.7 Å².